The molecule has 1 aromatic heterocycles. The average Bonchev–Trinajstić information content (AvgIpc) is 2.60. The maximum Gasteiger partial charge on any atom is 0.250 e. The summed E-state index contributed by atoms with van der Waals surface area (Å²) in [5.74, 6) is 0.381. The van der Waals surface area contributed by atoms with Crippen molar-refractivity contribution in [3.05, 3.63) is 29.6 Å². The molecule has 2 unspecified atom stereocenters. The number of aromatic nitrogens is 1. The number of rotatable bonds is 5. The fourth-order valence-corrected chi connectivity index (χ4v) is 5.50. The van der Waals surface area contributed by atoms with Gasteiger partial charge in [-0.15, -0.1) is 0 Å². The second-order valence-electron chi connectivity index (χ2n) is 8.09. The minimum Gasteiger partial charge on any atom is -0.381 e. The quantitative estimate of drug-likeness (QED) is 0.869. The molecule has 1 aliphatic heterocycles. The lowest BCUT2D eigenvalue weighted by atomic mass is 9.62. The molecular weight excluding hydrogens is 330 g/mol. The Labute approximate surface area is 155 Å². The lowest BCUT2D eigenvalue weighted by Crippen LogP contribution is -2.63. The number of nitrogens with zero attached hydrogens (tertiary/aromatic N) is 2. The summed E-state index contributed by atoms with van der Waals surface area (Å²) in [5, 5.41) is 0. The van der Waals surface area contributed by atoms with Crippen LogP contribution in [0, 0.1) is 11.8 Å². The molecule has 4 rings (SSSR count). The molecule has 2 N–H and O–H groups in total. The van der Waals surface area contributed by atoms with E-state index in [1.807, 2.05) is 19.4 Å². The van der Waals surface area contributed by atoms with Crippen molar-refractivity contribution >= 4 is 5.91 Å². The zero-order valence-electron chi connectivity index (χ0n) is 15.7. The number of hydrogen-bond acceptors (Lipinski definition) is 5. The third-order valence-electron chi connectivity index (χ3n) is 6.96. The average molecular weight is 359 g/mol. The predicted octanol–water partition coefficient (Wildman–Crippen LogP) is 1.93. The smallest absolute Gasteiger partial charge is 0.250 e. The zero-order valence-corrected chi connectivity index (χ0v) is 15.7. The van der Waals surface area contributed by atoms with Crippen LogP contribution >= 0.6 is 0 Å². The number of methoxy groups -OCH3 is 2. The molecule has 3 aliphatic rings. The Morgan fingerprint density at radius 2 is 1.92 bits per heavy atom. The third kappa shape index (κ3) is 2.75. The van der Waals surface area contributed by atoms with Gasteiger partial charge in [0.25, 0.3) is 0 Å². The monoisotopic (exact) mass is 359 g/mol. The summed E-state index contributed by atoms with van der Waals surface area (Å²) < 4.78 is 11.7. The number of pyridine rings is 1. The van der Waals surface area contributed by atoms with Gasteiger partial charge in [0.15, 0.2) is 0 Å². The number of likely N-dealkylation sites (tertiary alicyclic amines) is 1. The Balaban J connectivity index is 1.62. The van der Waals surface area contributed by atoms with Crippen molar-refractivity contribution in [3.8, 4) is 0 Å². The lowest BCUT2D eigenvalue weighted by Gasteiger charge is -2.58. The second kappa shape index (κ2) is 6.91. The van der Waals surface area contributed by atoms with Gasteiger partial charge < -0.3 is 15.2 Å². The molecule has 1 amide bonds. The highest BCUT2D eigenvalue weighted by atomic mass is 16.5. The third-order valence-corrected chi connectivity index (χ3v) is 6.96. The summed E-state index contributed by atoms with van der Waals surface area (Å²) in [6.07, 6.45) is 9.61. The molecule has 2 atom stereocenters. The molecule has 6 heteroatoms. The van der Waals surface area contributed by atoms with E-state index in [-0.39, 0.29) is 5.60 Å². The Morgan fingerprint density at radius 1 is 1.23 bits per heavy atom. The fourth-order valence-electron chi connectivity index (χ4n) is 5.50. The van der Waals surface area contributed by atoms with E-state index in [1.165, 1.54) is 6.42 Å². The first-order chi connectivity index (χ1) is 12.6. The summed E-state index contributed by atoms with van der Waals surface area (Å²) >= 11 is 0. The van der Waals surface area contributed by atoms with Crippen LogP contribution in [0.5, 0.6) is 0 Å². The predicted molar refractivity (Wildman–Crippen MR) is 97.7 cm³/mol. The van der Waals surface area contributed by atoms with Crippen molar-refractivity contribution < 1.29 is 14.3 Å². The number of fused-ring (bicyclic) bond motifs is 2. The molecule has 1 saturated heterocycles. The molecule has 0 spiro atoms. The van der Waals surface area contributed by atoms with Crippen molar-refractivity contribution in [1.29, 1.82) is 0 Å². The molecule has 0 radical (unpaired) electrons. The minimum atomic E-state index is -0.437. The van der Waals surface area contributed by atoms with E-state index in [0.717, 1.165) is 44.3 Å². The Morgan fingerprint density at radius 3 is 2.50 bits per heavy atom. The molecule has 1 aromatic rings. The Bertz CT molecular complexity index is 660. The number of ether oxygens (including phenoxy) is 2. The van der Waals surface area contributed by atoms with Crippen LogP contribution in [0.25, 0.3) is 0 Å². The maximum atomic E-state index is 11.6. The van der Waals surface area contributed by atoms with Gasteiger partial charge in [-0.2, -0.15) is 0 Å². The van der Waals surface area contributed by atoms with Crippen LogP contribution < -0.4 is 5.73 Å². The largest absolute Gasteiger partial charge is 0.381 e. The normalized spacial score (nSPS) is 37.2. The molecule has 6 nitrogen and oxygen atoms in total. The van der Waals surface area contributed by atoms with E-state index in [0.29, 0.717) is 29.5 Å². The van der Waals surface area contributed by atoms with Gasteiger partial charge in [-0.3, -0.25) is 14.7 Å². The van der Waals surface area contributed by atoms with Crippen LogP contribution in [0.15, 0.2) is 18.5 Å². The molecule has 2 saturated carbocycles. The van der Waals surface area contributed by atoms with E-state index in [4.69, 9.17) is 15.2 Å². The van der Waals surface area contributed by atoms with Crippen LogP contribution in [0.3, 0.4) is 0 Å². The number of nitrogens with two attached hydrogens (primary N) is 1. The summed E-state index contributed by atoms with van der Waals surface area (Å²) in [5.41, 5.74) is 6.59. The summed E-state index contributed by atoms with van der Waals surface area (Å²) in [6.45, 7) is 2.07. The summed E-state index contributed by atoms with van der Waals surface area (Å²) in [7, 11) is 3.61. The molecule has 3 fully saturated rings. The topological polar surface area (TPSA) is 77.7 Å². The van der Waals surface area contributed by atoms with Crippen LogP contribution in [-0.2, 0) is 15.1 Å². The number of amides is 1. The fraction of sp³-hybridized carbons (Fsp3) is 0.700. The number of carbonyl (C=O) groups excluding carboxylic acids is 1. The molecule has 0 aromatic carbocycles. The molecule has 2 bridgehead atoms. The van der Waals surface area contributed by atoms with Crippen LogP contribution in [0.2, 0.25) is 0 Å². The standard InChI is InChI=1S/C20H29N3O3/c1-25-18-7-17(8-18)23-11-14-4-3-5-15(12-23)20(14,26-2)16-6-13(19(21)24)9-22-10-16/h6,9-10,14-15,17-18H,3-5,7-8,11-12H2,1-2H3,(H2,21,24). The first-order valence-electron chi connectivity index (χ1n) is 9.65. The number of carbonyl (C=O) groups is 1. The molecular formula is C20H29N3O3. The number of primary amides is 1. The van der Waals surface area contributed by atoms with E-state index in [2.05, 4.69) is 9.88 Å². The highest BCUT2D eigenvalue weighted by Crippen LogP contribution is 2.52. The van der Waals surface area contributed by atoms with Gasteiger partial charge in [0.05, 0.1) is 11.7 Å². The van der Waals surface area contributed by atoms with Crippen LogP contribution in [0.1, 0.15) is 48.0 Å². The van der Waals surface area contributed by atoms with Gasteiger partial charge in [-0.25, -0.2) is 0 Å². The first-order valence-corrected chi connectivity index (χ1v) is 9.65. The summed E-state index contributed by atoms with van der Waals surface area (Å²) in [4.78, 5) is 18.6. The van der Waals surface area contributed by atoms with Gasteiger partial charge in [0.2, 0.25) is 5.91 Å². The maximum absolute atomic E-state index is 11.6. The molecule has 2 aliphatic carbocycles. The van der Waals surface area contributed by atoms with Crippen molar-refractivity contribution in [2.24, 2.45) is 17.6 Å². The van der Waals surface area contributed by atoms with Crippen molar-refractivity contribution in [3.63, 3.8) is 0 Å². The van der Waals surface area contributed by atoms with Gasteiger partial charge in [-0.05, 0) is 31.7 Å². The summed E-state index contributed by atoms with van der Waals surface area (Å²) in [6, 6.07) is 2.53. The SMILES string of the molecule is COC1CC(N2CC3CCCC(C2)C3(OC)c2cncc(C(N)=O)c2)C1. The van der Waals surface area contributed by atoms with Crippen LogP contribution in [0.4, 0.5) is 0 Å². The highest BCUT2D eigenvalue weighted by molar-refractivity contribution is 5.92. The first kappa shape index (κ1) is 17.9. The van der Waals surface area contributed by atoms with Crippen molar-refractivity contribution in [1.82, 2.24) is 9.88 Å². The lowest BCUT2D eigenvalue weighted by molar-refractivity contribution is -0.183. The van der Waals surface area contributed by atoms with Gasteiger partial charge in [-0.1, -0.05) is 6.42 Å². The van der Waals surface area contributed by atoms with E-state index >= 15 is 0 Å². The van der Waals surface area contributed by atoms with Gasteiger partial charge in [0, 0.05) is 63.1 Å². The molecule has 2 heterocycles. The minimum absolute atomic E-state index is 0.363. The van der Waals surface area contributed by atoms with Gasteiger partial charge >= 0.3 is 0 Å². The van der Waals surface area contributed by atoms with Crippen LogP contribution in [-0.4, -0.2) is 55.2 Å². The molecule has 26 heavy (non-hydrogen) atoms. The number of hydrogen-bond donors (Lipinski definition) is 1. The van der Waals surface area contributed by atoms with E-state index in [1.54, 1.807) is 13.3 Å². The Kier molecular flexibility index (Phi) is 4.75. The second-order valence-corrected chi connectivity index (χ2v) is 8.09. The highest BCUT2D eigenvalue weighted by Gasteiger charge is 2.55. The van der Waals surface area contributed by atoms with E-state index < -0.39 is 5.91 Å². The van der Waals surface area contributed by atoms with E-state index in [9.17, 15) is 4.79 Å². The number of piperidine rings is 1. The van der Waals surface area contributed by atoms with Crippen molar-refractivity contribution in [2.45, 2.75) is 49.9 Å². The zero-order chi connectivity index (χ0) is 18.3. The van der Waals surface area contributed by atoms with Gasteiger partial charge in [0.1, 0.15) is 5.60 Å². The molecule has 142 valence electrons. The Hall–Kier alpha value is -1.50. The van der Waals surface area contributed by atoms with Crippen molar-refractivity contribution in [2.75, 3.05) is 27.3 Å².